The first-order valence-electron chi connectivity index (χ1n) is 7.05. The Kier molecular flexibility index (Phi) is 3.93. The van der Waals surface area contributed by atoms with Crippen molar-refractivity contribution < 1.29 is 9.53 Å². The predicted molar refractivity (Wildman–Crippen MR) is 80.9 cm³/mol. The summed E-state index contributed by atoms with van der Waals surface area (Å²) in [6, 6.07) is 5.23. The number of hydrogen-bond acceptors (Lipinski definition) is 3. The molecule has 4 heteroatoms. The molecule has 2 rings (SSSR count). The van der Waals surface area contributed by atoms with Gasteiger partial charge in [0, 0.05) is 18.7 Å². The van der Waals surface area contributed by atoms with E-state index in [0.717, 1.165) is 19.5 Å². The highest BCUT2D eigenvalue weighted by molar-refractivity contribution is 5.95. The Hall–Kier alpha value is -1.71. The van der Waals surface area contributed by atoms with Gasteiger partial charge in [-0.1, -0.05) is 20.8 Å². The molecule has 20 heavy (non-hydrogen) atoms. The van der Waals surface area contributed by atoms with Crippen LogP contribution in [0.4, 0.5) is 5.69 Å². The van der Waals surface area contributed by atoms with Gasteiger partial charge in [-0.3, -0.25) is 4.79 Å². The average molecular weight is 276 g/mol. The minimum Gasteiger partial charge on any atom is -0.495 e. The number of methoxy groups -OCH3 is 1. The van der Waals surface area contributed by atoms with E-state index in [4.69, 9.17) is 10.5 Å². The first-order valence-corrected chi connectivity index (χ1v) is 7.05. The number of nitrogen functional groups attached to an aromatic ring is 1. The number of nitrogens with zero attached hydrogens (tertiary/aromatic N) is 1. The van der Waals surface area contributed by atoms with Crippen molar-refractivity contribution in [3.63, 3.8) is 0 Å². The highest BCUT2D eigenvalue weighted by Gasteiger charge is 2.34. The summed E-state index contributed by atoms with van der Waals surface area (Å²) >= 11 is 0. The molecule has 1 amide bonds. The molecule has 1 atom stereocenters. The van der Waals surface area contributed by atoms with Gasteiger partial charge in [-0.15, -0.1) is 0 Å². The molecule has 1 heterocycles. The number of amides is 1. The second-order valence-corrected chi connectivity index (χ2v) is 6.56. The van der Waals surface area contributed by atoms with Gasteiger partial charge in [-0.05, 0) is 36.0 Å². The minimum absolute atomic E-state index is 0.0612. The maximum absolute atomic E-state index is 12.5. The second kappa shape index (κ2) is 5.35. The monoisotopic (exact) mass is 276 g/mol. The quantitative estimate of drug-likeness (QED) is 0.845. The van der Waals surface area contributed by atoms with Gasteiger partial charge in [-0.2, -0.15) is 0 Å². The lowest BCUT2D eigenvalue weighted by Gasteiger charge is -2.27. The van der Waals surface area contributed by atoms with Crippen molar-refractivity contribution >= 4 is 11.6 Å². The van der Waals surface area contributed by atoms with Gasteiger partial charge in [0.05, 0.1) is 12.8 Å². The van der Waals surface area contributed by atoms with Gasteiger partial charge in [0.2, 0.25) is 0 Å². The number of rotatable bonds is 2. The lowest BCUT2D eigenvalue weighted by Crippen LogP contribution is -2.31. The van der Waals surface area contributed by atoms with Crippen LogP contribution in [0.25, 0.3) is 0 Å². The molecule has 0 saturated carbocycles. The normalized spacial score (nSPS) is 19.2. The Morgan fingerprint density at radius 3 is 2.60 bits per heavy atom. The lowest BCUT2D eigenvalue weighted by atomic mass is 9.80. The number of nitrogens with two attached hydrogens (primary N) is 1. The molecule has 110 valence electrons. The SMILES string of the molecule is COc1ccc(C(=O)N2CCC(C(C)(C)C)C2)cc1N. The summed E-state index contributed by atoms with van der Waals surface area (Å²) < 4.78 is 5.12. The van der Waals surface area contributed by atoms with Crippen LogP contribution < -0.4 is 10.5 Å². The van der Waals surface area contributed by atoms with Crippen molar-refractivity contribution in [2.45, 2.75) is 27.2 Å². The number of ether oxygens (including phenoxy) is 1. The highest BCUT2D eigenvalue weighted by atomic mass is 16.5. The van der Waals surface area contributed by atoms with Crippen molar-refractivity contribution in [1.82, 2.24) is 4.90 Å². The van der Waals surface area contributed by atoms with Gasteiger partial charge >= 0.3 is 0 Å². The third kappa shape index (κ3) is 2.89. The van der Waals surface area contributed by atoms with E-state index in [1.807, 2.05) is 4.90 Å². The Labute approximate surface area is 120 Å². The molecule has 1 aromatic carbocycles. The summed E-state index contributed by atoms with van der Waals surface area (Å²) in [5, 5.41) is 0. The molecule has 4 nitrogen and oxygen atoms in total. The first-order chi connectivity index (χ1) is 9.32. The molecule has 2 N–H and O–H groups in total. The molecule has 0 radical (unpaired) electrons. The van der Waals surface area contributed by atoms with Gasteiger partial charge < -0.3 is 15.4 Å². The van der Waals surface area contributed by atoms with Crippen molar-refractivity contribution in [3.8, 4) is 5.75 Å². The van der Waals surface area contributed by atoms with Crippen LogP contribution >= 0.6 is 0 Å². The van der Waals surface area contributed by atoms with Gasteiger partial charge in [0.15, 0.2) is 0 Å². The third-order valence-electron chi connectivity index (χ3n) is 4.18. The van der Waals surface area contributed by atoms with Gasteiger partial charge in [-0.25, -0.2) is 0 Å². The summed E-state index contributed by atoms with van der Waals surface area (Å²) in [6.45, 7) is 8.35. The van der Waals surface area contributed by atoms with Crippen LogP contribution in [0, 0.1) is 11.3 Å². The molecule has 0 aromatic heterocycles. The van der Waals surface area contributed by atoms with Crippen molar-refractivity contribution in [1.29, 1.82) is 0 Å². The zero-order valence-corrected chi connectivity index (χ0v) is 12.8. The predicted octanol–water partition coefficient (Wildman–Crippen LogP) is 2.79. The molecule has 1 saturated heterocycles. The van der Waals surface area contributed by atoms with Crippen LogP contribution in [0.3, 0.4) is 0 Å². The van der Waals surface area contributed by atoms with Crippen LogP contribution in [0.2, 0.25) is 0 Å². The molecule has 1 fully saturated rings. The summed E-state index contributed by atoms with van der Waals surface area (Å²) in [5.74, 6) is 1.23. The molecule has 1 aromatic rings. The van der Waals surface area contributed by atoms with Crippen molar-refractivity contribution in [3.05, 3.63) is 23.8 Å². The van der Waals surface area contributed by atoms with E-state index in [1.54, 1.807) is 25.3 Å². The zero-order valence-electron chi connectivity index (χ0n) is 12.8. The van der Waals surface area contributed by atoms with Crippen LogP contribution in [-0.2, 0) is 0 Å². The fraction of sp³-hybridized carbons (Fsp3) is 0.562. The van der Waals surface area contributed by atoms with E-state index in [9.17, 15) is 4.79 Å². The molecule has 0 aliphatic carbocycles. The number of likely N-dealkylation sites (tertiary alicyclic amines) is 1. The summed E-state index contributed by atoms with van der Waals surface area (Å²) in [6.07, 6.45) is 1.07. The van der Waals surface area contributed by atoms with E-state index < -0.39 is 0 Å². The number of benzene rings is 1. The molecular formula is C16H24N2O2. The minimum atomic E-state index is 0.0612. The molecular weight excluding hydrogens is 252 g/mol. The summed E-state index contributed by atoms with van der Waals surface area (Å²) in [5.41, 5.74) is 7.25. The van der Waals surface area contributed by atoms with Crippen LogP contribution in [-0.4, -0.2) is 31.0 Å². The van der Waals surface area contributed by atoms with Gasteiger partial charge in [0.1, 0.15) is 5.75 Å². The summed E-state index contributed by atoms with van der Waals surface area (Å²) in [7, 11) is 1.57. The fourth-order valence-corrected chi connectivity index (χ4v) is 2.70. The molecule has 1 unspecified atom stereocenters. The van der Waals surface area contributed by atoms with E-state index in [-0.39, 0.29) is 11.3 Å². The number of anilines is 1. The Morgan fingerprint density at radius 2 is 2.10 bits per heavy atom. The lowest BCUT2D eigenvalue weighted by molar-refractivity contribution is 0.0776. The number of carbonyl (C=O) groups excluding carboxylic acids is 1. The third-order valence-corrected chi connectivity index (χ3v) is 4.18. The smallest absolute Gasteiger partial charge is 0.253 e. The largest absolute Gasteiger partial charge is 0.495 e. The van der Waals surface area contributed by atoms with Crippen LogP contribution in [0.1, 0.15) is 37.6 Å². The van der Waals surface area contributed by atoms with Crippen molar-refractivity contribution in [2.75, 3.05) is 25.9 Å². The molecule has 0 bridgehead atoms. The Bertz CT molecular complexity index is 506. The Balaban J connectivity index is 2.11. The van der Waals surface area contributed by atoms with Crippen LogP contribution in [0.5, 0.6) is 5.75 Å². The molecule has 1 aliphatic rings. The van der Waals surface area contributed by atoms with Crippen LogP contribution in [0.15, 0.2) is 18.2 Å². The maximum Gasteiger partial charge on any atom is 0.253 e. The zero-order chi connectivity index (χ0) is 14.9. The fourth-order valence-electron chi connectivity index (χ4n) is 2.70. The Morgan fingerprint density at radius 1 is 1.40 bits per heavy atom. The number of carbonyl (C=O) groups is 1. The van der Waals surface area contributed by atoms with E-state index >= 15 is 0 Å². The molecule has 0 spiro atoms. The first kappa shape index (κ1) is 14.7. The van der Waals surface area contributed by atoms with E-state index in [2.05, 4.69) is 20.8 Å². The average Bonchev–Trinajstić information content (AvgIpc) is 2.87. The topological polar surface area (TPSA) is 55.6 Å². The summed E-state index contributed by atoms with van der Waals surface area (Å²) in [4.78, 5) is 14.4. The highest BCUT2D eigenvalue weighted by Crippen LogP contribution is 2.34. The number of hydrogen-bond donors (Lipinski definition) is 1. The van der Waals surface area contributed by atoms with Crippen molar-refractivity contribution in [2.24, 2.45) is 11.3 Å². The van der Waals surface area contributed by atoms with E-state index in [0.29, 0.717) is 22.9 Å². The maximum atomic E-state index is 12.5. The standard InChI is InChI=1S/C16H24N2O2/c1-16(2,3)12-7-8-18(10-12)15(19)11-5-6-14(20-4)13(17)9-11/h5-6,9,12H,7-8,10,17H2,1-4H3. The molecule has 1 aliphatic heterocycles. The van der Waals surface area contributed by atoms with Gasteiger partial charge in [0.25, 0.3) is 5.91 Å². The van der Waals surface area contributed by atoms with E-state index in [1.165, 1.54) is 0 Å². The second-order valence-electron chi connectivity index (χ2n) is 6.56.